The Hall–Kier alpha value is -0.380. The molecular formula is C13H18BrNO. The van der Waals surface area contributed by atoms with E-state index in [0.29, 0.717) is 6.54 Å². The lowest BCUT2D eigenvalue weighted by Crippen LogP contribution is -2.47. The minimum atomic E-state index is -0.559. The fraction of sp³-hybridized carbons (Fsp3) is 0.538. The Balaban J connectivity index is 2.13. The molecular weight excluding hydrogens is 266 g/mol. The summed E-state index contributed by atoms with van der Waals surface area (Å²) >= 11 is 3.46. The lowest BCUT2D eigenvalue weighted by atomic mass is 9.86. The highest BCUT2D eigenvalue weighted by molar-refractivity contribution is 9.10. The normalized spacial score (nSPS) is 25.7. The zero-order chi connectivity index (χ0) is 11.6. The van der Waals surface area contributed by atoms with Crippen molar-refractivity contribution in [3.63, 3.8) is 0 Å². The van der Waals surface area contributed by atoms with Crippen molar-refractivity contribution in [1.82, 2.24) is 5.32 Å². The molecule has 88 valence electrons. The van der Waals surface area contributed by atoms with Crippen LogP contribution >= 0.6 is 15.9 Å². The van der Waals surface area contributed by atoms with Crippen molar-refractivity contribution in [2.45, 2.75) is 31.8 Å². The average molecular weight is 284 g/mol. The molecule has 1 aliphatic heterocycles. The van der Waals surface area contributed by atoms with E-state index < -0.39 is 5.60 Å². The fourth-order valence-corrected chi connectivity index (χ4v) is 2.79. The second-order valence-corrected chi connectivity index (χ2v) is 5.67. The molecule has 1 aliphatic rings. The van der Waals surface area contributed by atoms with Crippen molar-refractivity contribution < 1.29 is 5.11 Å². The summed E-state index contributed by atoms with van der Waals surface area (Å²) in [5.74, 6) is 0. The Morgan fingerprint density at radius 2 is 2.31 bits per heavy atom. The summed E-state index contributed by atoms with van der Waals surface area (Å²) in [5, 5.41) is 13.7. The van der Waals surface area contributed by atoms with E-state index in [1.54, 1.807) is 0 Å². The molecule has 0 spiro atoms. The predicted octanol–water partition coefficient (Wildman–Crippen LogP) is 2.41. The SMILES string of the molecule is Cc1cc(Br)ccc1CC1(O)CCCNC1. The van der Waals surface area contributed by atoms with Gasteiger partial charge < -0.3 is 10.4 Å². The van der Waals surface area contributed by atoms with E-state index in [-0.39, 0.29) is 0 Å². The number of nitrogens with one attached hydrogen (secondary N) is 1. The van der Waals surface area contributed by atoms with Crippen LogP contribution in [0.3, 0.4) is 0 Å². The van der Waals surface area contributed by atoms with Crippen LogP contribution in [0.5, 0.6) is 0 Å². The maximum Gasteiger partial charge on any atom is 0.0812 e. The standard InChI is InChI=1S/C13H18BrNO/c1-10-7-12(14)4-3-11(10)8-13(16)5-2-6-15-9-13/h3-4,7,15-16H,2,5-6,8-9H2,1H3. The van der Waals surface area contributed by atoms with Crippen LogP contribution in [0.1, 0.15) is 24.0 Å². The highest BCUT2D eigenvalue weighted by atomic mass is 79.9. The molecule has 1 atom stereocenters. The number of β-amino-alcohol motifs (C(OH)–C–C–N with tert-alkyl or cyclic N) is 1. The molecule has 1 fully saturated rings. The van der Waals surface area contributed by atoms with E-state index in [9.17, 15) is 5.11 Å². The minimum absolute atomic E-state index is 0.559. The average Bonchev–Trinajstić information content (AvgIpc) is 2.23. The van der Waals surface area contributed by atoms with Gasteiger partial charge >= 0.3 is 0 Å². The van der Waals surface area contributed by atoms with Gasteiger partial charge in [0.25, 0.3) is 0 Å². The Labute approximate surface area is 105 Å². The molecule has 2 N–H and O–H groups in total. The van der Waals surface area contributed by atoms with Crippen molar-refractivity contribution in [3.8, 4) is 0 Å². The second-order valence-electron chi connectivity index (χ2n) is 4.75. The maximum absolute atomic E-state index is 10.4. The van der Waals surface area contributed by atoms with Crippen LogP contribution in [0.2, 0.25) is 0 Å². The quantitative estimate of drug-likeness (QED) is 0.874. The van der Waals surface area contributed by atoms with Crippen LogP contribution in [-0.2, 0) is 6.42 Å². The van der Waals surface area contributed by atoms with Crippen molar-refractivity contribution in [3.05, 3.63) is 33.8 Å². The first-order valence-electron chi connectivity index (χ1n) is 5.77. The molecule has 1 heterocycles. The van der Waals surface area contributed by atoms with Gasteiger partial charge in [0.05, 0.1) is 5.60 Å². The zero-order valence-corrected chi connectivity index (χ0v) is 11.2. The summed E-state index contributed by atoms with van der Waals surface area (Å²) in [6.45, 7) is 3.84. The first-order valence-corrected chi connectivity index (χ1v) is 6.56. The third-order valence-corrected chi connectivity index (χ3v) is 3.77. The van der Waals surface area contributed by atoms with Crippen LogP contribution in [0.25, 0.3) is 0 Å². The lowest BCUT2D eigenvalue weighted by Gasteiger charge is -2.33. The van der Waals surface area contributed by atoms with Crippen molar-refractivity contribution in [2.24, 2.45) is 0 Å². The highest BCUT2D eigenvalue weighted by Crippen LogP contribution is 2.24. The Morgan fingerprint density at radius 1 is 1.50 bits per heavy atom. The molecule has 0 amide bonds. The number of rotatable bonds is 2. The van der Waals surface area contributed by atoms with Crippen LogP contribution in [0.15, 0.2) is 22.7 Å². The minimum Gasteiger partial charge on any atom is -0.388 e. The summed E-state index contributed by atoms with van der Waals surface area (Å²) in [4.78, 5) is 0. The Bertz CT molecular complexity index is 372. The number of benzene rings is 1. The largest absolute Gasteiger partial charge is 0.388 e. The molecule has 0 aliphatic carbocycles. The van der Waals surface area contributed by atoms with Crippen LogP contribution < -0.4 is 5.32 Å². The molecule has 1 aromatic carbocycles. The summed E-state index contributed by atoms with van der Waals surface area (Å²) in [6, 6.07) is 6.25. The number of hydrogen-bond acceptors (Lipinski definition) is 2. The van der Waals surface area contributed by atoms with Gasteiger partial charge in [0.15, 0.2) is 0 Å². The van der Waals surface area contributed by atoms with E-state index in [1.807, 2.05) is 6.07 Å². The van der Waals surface area contributed by atoms with Crippen molar-refractivity contribution in [2.75, 3.05) is 13.1 Å². The Kier molecular flexibility index (Phi) is 3.67. The molecule has 1 unspecified atom stereocenters. The summed E-state index contributed by atoms with van der Waals surface area (Å²) in [5.41, 5.74) is 1.93. The second kappa shape index (κ2) is 4.86. The predicted molar refractivity (Wildman–Crippen MR) is 69.6 cm³/mol. The third kappa shape index (κ3) is 2.84. The van der Waals surface area contributed by atoms with Gasteiger partial charge in [0, 0.05) is 17.4 Å². The number of aryl methyl sites for hydroxylation is 1. The van der Waals surface area contributed by atoms with E-state index >= 15 is 0 Å². The van der Waals surface area contributed by atoms with Gasteiger partial charge in [0.1, 0.15) is 0 Å². The van der Waals surface area contributed by atoms with E-state index in [4.69, 9.17) is 0 Å². The van der Waals surface area contributed by atoms with E-state index in [0.717, 1.165) is 30.3 Å². The highest BCUT2D eigenvalue weighted by Gasteiger charge is 2.29. The van der Waals surface area contributed by atoms with Crippen LogP contribution in [0.4, 0.5) is 0 Å². The number of piperidine rings is 1. The van der Waals surface area contributed by atoms with Crippen molar-refractivity contribution >= 4 is 15.9 Å². The lowest BCUT2D eigenvalue weighted by molar-refractivity contribution is 0.0168. The van der Waals surface area contributed by atoms with Crippen LogP contribution in [-0.4, -0.2) is 23.8 Å². The molecule has 1 aromatic rings. The summed E-state index contributed by atoms with van der Waals surface area (Å²) < 4.78 is 1.10. The molecule has 0 saturated carbocycles. The summed E-state index contributed by atoms with van der Waals surface area (Å²) in [7, 11) is 0. The first kappa shape index (κ1) is 12.1. The molecule has 1 saturated heterocycles. The number of aliphatic hydroxyl groups is 1. The van der Waals surface area contributed by atoms with Gasteiger partial charge in [-0.05, 0) is 49.6 Å². The molecule has 2 rings (SSSR count). The monoisotopic (exact) mass is 283 g/mol. The van der Waals surface area contributed by atoms with Gasteiger partial charge in [-0.1, -0.05) is 22.0 Å². The maximum atomic E-state index is 10.4. The zero-order valence-electron chi connectivity index (χ0n) is 9.59. The van der Waals surface area contributed by atoms with E-state index in [2.05, 4.69) is 40.3 Å². The third-order valence-electron chi connectivity index (χ3n) is 3.27. The first-order chi connectivity index (χ1) is 7.59. The Morgan fingerprint density at radius 3 is 2.94 bits per heavy atom. The topological polar surface area (TPSA) is 32.3 Å². The molecule has 0 aromatic heterocycles. The van der Waals surface area contributed by atoms with Gasteiger partial charge in [-0.25, -0.2) is 0 Å². The van der Waals surface area contributed by atoms with Crippen molar-refractivity contribution in [1.29, 1.82) is 0 Å². The van der Waals surface area contributed by atoms with E-state index in [1.165, 1.54) is 11.1 Å². The smallest absolute Gasteiger partial charge is 0.0812 e. The molecule has 3 heteroatoms. The van der Waals surface area contributed by atoms with Gasteiger partial charge in [0.2, 0.25) is 0 Å². The molecule has 0 bridgehead atoms. The number of halogens is 1. The van der Waals surface area contributed by atoms with Gasteiger partial charge in [-0.15, -0.1) is 0 Å². The summed E-state index contributed by atoms with van der Waals surface area (Å²) in [6.07, 6.45) is 2.71. The molecule has 16 heavy (non-hydrogen) atoms. The molecule has 2 nitrogen and oxygen atoms in total. The number of hydrogen-bond donors (Lipinski definition) is 2. The van der Waals surface area contributed by atoms with Crippen LogP contribution in [0, 0.1) is 6.92 Å². The fourth-order valence-electron chi connectivity index (χ4n) is 2.31. The molecule has 0 radical (unpaired) electrons. The van der Waals surface area contributed by atoms with Gasteiger partial charge in [-0.2, -0.15) is 0 Å². The van der Waals surface area contributed by atoms with Gasteiger partial charge in [-0.3, -0.25) is 0 Å².